The standard InChI is InChI=1S/C14H22O6/c1-3-4-5-6-7-11(2)20-14(18)9-8-13(17)19-10-12(15)16/h8-9,11H,3-7,10H2,1-2H3,(H,15,16)/b9-8+/t11-/m1/s1. The van der Waals surface area contributed by atoms with Crippen molar-refractivity contribution in [2.75, 3.05) is 6.61 Å². The lowest BCUT2D eigenvalue weighted by Crippen LogP contribution is -2.14. The average Bonchev–Trinajstić information content (AvgIpc) is 2.39. The van der Waals surface area contributed by atoms with E-state index in [0.717, 1.165) is 44.3 Å². The first kappa shape index (κ1) is 18.1. The molecule has 0 aromatic heterocycles. The van der Waals surface area contributed by atoms with E-state index in [0.29, 0.717) is 0 Å². The summed E-state index contributed by atoms with van der Waals surface area (Å²) < 4.78 is 9.37. The summed E-state index contributed by atoms with van der Waals surface area (Å²) in [6.07, 6.45) is 6.78. The molecule has 6 nitrogen and oxygen atoms in total. The van der Waals surface area contributed by atoms with Crippen molar-refractivity contribution in [2.24, 2.45) is 0 Å². The first-order valence-corrected chi connectivity index (χ1v) is 6.73. The van der Waals surface area contributed by atoms with Crippen molar-refractivity contribution in [3.63, 3.8) is 0 Å². The number of carbonyl (C=O) groups excluding carboxylic acids is 2. The van der Waals surface area contributed by atoms with Gasteiger partial charge in [0.15, 0.2) is 6.61 Å². The van der Waals surface area contributed by atoms with Crippen LogP contribution in [-0.4, -0.2) is 35.7 Å². The van der Waals surface area contributed by atoms with Gasteiger partial charge >= 0.3 is 17.9 Å². The molecule has 0 heterocycles. The molecular weight excluding hydrogens is 264 g/mol. The summed E-state index contributed by atoms with van der Waals surface area (Å²) in [5.74, 6) is -2.78. The third-order valence-electron chi connectivity index (χ3n) is 2.47. The lowest BCUT2D eigenvalue weighted by Gasteiger charge is -2.11. The summed E-state index contributed by atoms with van der Waals surface area (Å²) >= 11 is 0. The van der Waals surface area contributed by atoms with Crippen molar-refractivity contribution in [2.45, 2.75) is 52.1 Å². The molecule has 0 radical (unpaired) electrons. The van der Waals surface area contributed by atoms with E-state index >= 15 is 0 Å². The molecule has 6 heteroatoms. The molecule has 1 N–H and O–H groups in total. The fraction of sp³-hybridized carbons (Fsp3) is 0.643. The Hall–Kier alpha value is -1.85. The van der Waals surface area contributed by atoms with Crippen LogP contribution in [0.25, 0.3) is 0 Å². The van der Waals surface area contributed by atoms with E-state index < -0.39 is 24.5 Å². The Bertz CT molecular complexity index is 348. The van der Waals surface area contributed by atoms with Gasteiger partial charge in [0.25, 0.3) is 0 Å². The maximum absolute atomic E-state index is 11.4. The molecule has 0 rings (SSSR count). The van der Waals surface area contributed by atoms with Crippen LogP contribution >= 0.6 is 0 Å². The maximum Gasteiger partial charge on any atom is 0.341 e. The Morgan fingerprint density at radius 2 is 1.75 bits per heavy atom. The molecule has 0 saturated carbocycles. The molecule has 114 valence electrons. The minimum Gasteiger partial charge on any atom is -0.479 e. The molecular formula is C14H22O6. The smallest absolute Gasteiger partial charge is 0.341 e. The average molecular weight is 286 g/mol. The van der Waals surface area contributed by atoms with Crippen molar-refractivity contribution in [1.82, 2.24) is 0 Å². The Morgan fingerprint density at radius 3 is 2.35 bits per heavy atom. The highest BCUT2D eigenvalue weighted by Crippen LogP contribution is 2.08. The molecule has 0 aromatic rings. The zero-order valence-corrected chi connectivity index (χ0v) is 12.0. The molecule has 0 unspecified atom stereocenters. The van der Waals surface area contributed by atoms with Crippen LogP contribution in [0, 0.1) is 0 Å². The monoisotopic (exact) mass is 286 g/mol. The summed E-state index contributed by atoms with van der Waals surface area (Å²) in [6, 6.07) is 0. The Balaban J connectivity index is 3.85. The van der Waals surface area contributed by atoms with Gasteiger partial charge in [-0.2, -0.15) is 0 Å². The molecule has 0 saturated heterocycles. The van der Waals surface area contributed by atoms with Gasteiger partial charge in [-0.25, -0.2) is 14.4 Å². The Morgan fingerprint density at radius 1 is 1.10 bits per heavy atom. The van der Waals surface area contributed by atoms with Gasteiger partial charge in [-0.1, -0.05) is 26.2 Å². The molecule has 0 aliphatic carbocycles. The summed E-state index contributed by atoms with van der Waals surface area (Å²) in [4.78, 5) is 32.5. The number of carboxylic acids is 1. The number of esters is 2. The van der Waals surface area contributed by atoms with Crippen LogP contribution in [0.5, 0.6) is 0 Å². The molecule has 20 heavy (non-hydrogen) atoms. The molecule has 0 bridgehead atoms. The Kier molecular flexibility index (Phi) is 10.00. The van der Waals surface area contributed by atoms with Crippen molar-refractivity contribution in [1.29, 1.82) is 0 Å². The molecule has 0 aliphatic rings. The quantitative estimate of drug-likeness (QED) is 0.375. The highest BCUT2D eigenvalue weighted by Gasteiger charge is 2.08. The highest BCUT2D eigenvalue weighted by atomic mass is 16.6. The van der Waals surface area contributed by atoms with Gasteiger partial charge in [-0.15, -0.1) is 0 Å². The maximum atomic E-state index is 11.4. The molecule has 0 fully saturated rings. The fourth-order valence-electron chi connectivity index (χ4n) is 1.47. The van der Waals surface area contributed by atoms with E-state index in [1.54, 1.807) is 6.92 Å². The number of ether oxygens (including phenoxy) is 2. The van der Waals surface area contributed by atoms with Gasteiger partial charge < -0.3 is 14.6 Å². The number of carboxylic acid groups (broad SMARTS) is 1. The number of rotatable bonds is 10. The van der Waals surface area contributed by atoms with Crippen molar-refractivity contribution < 1.29 is 29.0 Å². The van der Waals surface area contributed by atoms with Crippen LogP contribution in [0.1, 0.15) is 46.0 Å². The highest BCUT2D eigenvalue weighted by molar-refractivity contribution is 5.92. The van der Waals surface area contributed by atoms with Crippen LogP contribution in [-0.2, 0) is 23.9 Å². The van der Waals surface area contributed by atoms with Crippen LogP contribution in [0.3, 0.4) is 0 Å². The van der Waals surface area contributed by atoms with Crippen LogP contribution in [0.4, 0.5) is 0 Å². The van der Waals surface area contributed by atoms with Crippen molar-refractivity contribution in [3.8, 4) is 0 Å². The fourth-order valence-corrected chi connectivity index (χ4v) is 1.47. The zero-order valence-electron chi connectivity index (χ0n) is 12.0. The minimum absolute atomic E-state index is 0.209. The number of aliphatic carboxylic acids is 1. The third kappa shape index (κ3) is 11.3. The number of hydrogen-bond acceptors (Lipinski definition) is 5. The first-order valence-electron chi connectivity index (χ1n) is 6.73. The van der Waals surface area contributed by atoms with E-state index in [9.17, 15) is 14.4 Å². The van der Waals surface area contributed by atoms with Gasteiger partial charge in [-0.3, -0.25) is 0 Å². The van der Waals surface area contributed by atoms with Crippen LogP contribution in [0.15, 0.2) is 12.2 Å². The second-order valence-corrected chi connectivity index (χ2v) is 4.43. The number of carbonyl (C=O) groups is 3. The lowest BCUT2D eigenvalue weighted by molar-refractivity contribution is -0.151. The second kappa shape index (κ2) is 11.0. The number of hydrogen-bond donors (Lipinski definition) is 1. The number of unbranched alkanes of at least 4 members (excludes halogenated alkanes) is 3. The van der Waals surface area contributed by atoms with Crippen LogP contribution < -0.4 is 0 Å². The summed E-state index contributed by atoms with van der Waals surface area (Å²) in [6.45, 7) is 3.18. The molecule has 0 aromatic carbocycles. The molecule has 1 atom stereocenters. The van der Waals surface area contributed by atoms with Gasteiger partial charge in [0.1, 0.15) is 0 Å². The van der Waals surface area contributed by atoms with Gasteiger partial charge in [0.05, 0.1) is 6.10 Å². The predicted molar refractivity (Wildman–Crippen MR) is 72.0 cm³/mol. The predicted octanol–water partition coefficient (Wildman–Crippen LogP) is 2.07. The summed E-state index contributed by atoms with van der Waals surface area (Å²) in [5.41, 5.74) is 0. The molecule has 0 amide bonds. The van der Waals surface area contributed by atoms with E-state index in [1.807, 2.05) is 0 Å². The normalized spacial score (nSPS) is 12.1. The third-order valence-corrected chi connectivity index (χ3v) is 2.47. The van der Waals surface area contributed by atoms with Gasteiger partial charge in [0, 0.05) is 12.2 Å². The molecule has 0 spiro atoms. The van der Waals surface area contributed by atoms with Gasteiger partial charge in [-0.05, 0) is 19.8 Å². The summed E-state index contributed by atoms with van der Waals surface area (Å²) in [7, 11) is 0. The largest absolute Gasteiger partial charge is 0.479 e. The van der Waals surface area contributed by atoms with E-state index in [4.69, 9.17) is 9.84 Å². The second-order valence-electron chi connectivity index (χ2n) is 4.43. The molecule has 0 aliphatic heterocycles. The lowest BCUT2D eigenvalue weighted by atomic mass is 10.1. The van der Waals surface area contributed by atoms with Crippen molar-refractivity contribution >= 4 is 17.9 Å². The topological polar surface area (TPSA) is 89.9 Å². The summed E-state index contributed by atoms with van der Waals surface area (Å²) in [5, 5.41) is 8.29. The Labute approximate surface area is 118 Å². The minimum atomic E-state index is -1.25. The zero-order chi connectivity index (χ0) is 15.4. The van der Waals surface area contributed by atoms with E-state index in [2.05, 4.69) is 11.7 Å². The van der Waals surface area contributed by atoms with E-state index in [-0.39, 0.29) is 6.10 Å². The first-order chi connectivity index (χ1) is 9.45. The van der Waals surface area contributed by atoms with Crippen LogP contribution in [0.2, 0.25) is 0 Å². The van der Waals surface area contributed by atoms with E-state index in [1.165, 1.54) is 0 Å². The van der Waals surface area contributed by atoms with Gasteiger partial charge in [0.2, 0.25) is 0 Å². The van der Waals surface area contributed by atoms with Crippen molar-refractivity contribution in [3.05, 3.63) is 12.2 Å². The SMILES string of the molecule is CCCCCC[C@@H](C)OC(=O)/C=C/C(=O)OCC(=O)O.